The topological polar surface area (TPSA) is 105 Å². The fourth-order valence-corrected chi connectivity index (χ4v) is 5.61. The molecule has 0 aromatic heterocycles. The lowest BCUT2D eigenvalue weighted by Gasteiger charge is -2.31. The molecule has 0 radical (unpaired) electrons. The number of ether oxygens (including phenoxy) is 1. The van der Waals surface area contributed by atoms with Crippen LogP contribution >= 0.6 is 0 Å². The molecule has 2 aliphatic rings. The number of nitrogens with zero attached hydrogens (tertiary/aromatic N) is 1. The molecule has 32 heavy (non-hydrogen) atoms. The van der Waals surface area contributed by atoms with Crippen LogP contribution in [0.3, 0.4) is 0 Å². The Bertz CT molecular complexity index is 1180. The number of carbonyl (C=O) groups is 2. The van der Waals surface area contributed by atoms with E-state index in [-0.39, 0.29) is 23.3 Å². The zero-order chi connectivity index (χ0) is 23.0. The van der Waals surface area contributed by atoms with Crippen LogP contribution < -0.4 is 15.4 Å². The highest BCUT2D eigenvalue weighted by molar-refractivity contribution is 7.89. The van der Waals surface area contributed by atoms with E-state index in [0.717, 1.165) is 16.8 Å². The summed E-state index contributed by atoms with van der Waals surface area (Å²) < 4.78 is 33.4. The van der Waals surface area contributed by atoms with Crippen LogP contribution in [-0.2, 0) is 19.6 Å². The van der Waals surface area contributed by atoms with Crippen molar-refractivity contribution in [2.75, 3.05) is 23.7 Å². The number of hydrogen-bond donors (Lipinski definition) is 2. The van der Waals surface area contributed by atoms with Crippen molar-refractivity contribution in [2.45, 2.75) is 44.6 Å². The monoisotopic (exact) mass is 457 g/mol. The van der Waals surface area contributed by atoms with Crippen LogP contribution in [0.5, 0.6) is 5.75 Å². The number of nitrogens with one attached hydrogen (secondary N) is 2. The molecule has 1 saturated heterocycles. The first-order valence-electron chi connectivity index (χ1n) is 10.6. The van der Waals surface area contributed by atoms with Gasteiger partial charge in [-0.3, -0.25) is 9.59 Å². The lowest BCUT2D eigenvalue weighted by Crippen LogP contribution is -2.43. The number of rotatable bonds is 4. The minimum absolute atomic E-state index is 0.0603. The van der Waals surface area contributed by atoms with Crippen LogP contribution in [0.1, 0.15) is 30.9 Å². The van der Waals surface area contributed by atoms with E-state index in [1.165, 1.54) is 16.4 Å². The van der Waals surface area contributed by atoms with E-state index in [9.17, 15) is 18.0 Å². The minimum atomic E-state index is -3.83. The number of piperidine rings is 1. The normalized spacial score (nSPS) is 21.3. The Balaban J connectivity index is 1.50. The van der Waals surface area contributed by atoms with Gasteiger partial charge in [0.05, 0.1) is 16.5 Å². The van der Waals surface area contributed by atoms with E-state index in [2.05, 4.69) is 10.6 Å². The zero-order valence-electron chi connectivity index (χ0n) is 18.3. The first-order valence-corrected chi connectivity index (χ1v) is 12.1. The van der Waals surface area contributed by atoms with Gasteiger partial charge in [0.2, 0.25) is 15.9 Å². The average molecular weight is 458 g/mol. The van der Waals surface area contributed by atoms with E-state index < -0.39 is 22.0 Å². The second-order valence-electron chi connectivity index (χ2n) is 8.42. The summed E-state index contributed by atoms with van der Waals surface area (Å²) in [6, 6.07) is 10.2. The Labute approximate surface area is 188 Å². The standard InChI is InChI=1S/C23H27N3O5S/c1-14-6-8-19(15(2)11-14)24-23(28)17-5-4-10-26(13-17)32(29,30)18-7-9-21-20(12-18)25-22(27)16(3)31-21/h6-9,11-12,16-17H,4-5,10,13H2,1-3H3,(H,24,28)(H,25,27)/t16-,17-/m0/s1. The fourth-order valence-electron chi connectivity index (χ4n) is 4.06. The molecule has 0 spiro atoms. The molecule has 2 atom stereocenters. The summed E-state index contributed by atoms with van der Waals surface area (Å²) in [6.07, 6.45) is 0.574. The van der Waals surface area contributed by atoms with Crippen LogP contribution in [0.15, 0.2) is 41.3 Å². The van der Waals surface area contributed by atoms with E-state index in [4.69, 9.17) is 4.74 Å². The number of benzene rings is 2. The molecular weight excluding hydrogens is 430 g/mol. The quantitative estimate of drug-likeness (QED) is 0.734. The molecule has 0 bridgehead atoms. The van der Waals surface area contributed by atoms with Gasteiger partial charge < -0.3 is 15.4 Å². The van der Waals surface area contributed by atoms with Gasteiger partial charge in [-0.1, -0.05) is 17.7 Å². The van der Waals surface area contributed by atoms with Gasteiger partial charge in [0.15, 0.2) is 6.10 Å². The number of amides is 2. The van der Waals surface area contributed by atoms with E-state index >= 15 is 0 Å². The number of anilines is 2. The number of aryl methyl sites for hydroxylation is 2. The molecule has 0 aliphatic carbocycles. The van der Waals surface area contributed by atoms with E-state index in [1.54, 1.807) is 13.0 Å². The summed E-state index contributed by atoms with van der Waals surface area (Å²) in [6.45, 7) is 5.99. The Hall–Kier alpha value is -2.91. The van der Waals surface area contributed by atoms with Gasteiger partial charge in [-0.2, -0.15) is 4.31 Å². The first kappa shape index (κ1) is 22.3. The maximum absolute atomic E-state index is 13.3. The van der Waals surface area contributed by atoms with Crippen molar-refractivity contribution in [3.63, 3.8) is 0 Å². The van der Waals surface area contributed by atoms with Gasteiger partial charge in [-0.05, 0) is 63.4 Å². The Morgan fingerprint density at radius 2 is 1.97 bits per heavy atom. The zero-order valence-corrected chi connectivity index (χ0v) is 19.2. The molecule has 2 N–H and O–H groups in total. The summed E-state index contributed by atoms with van der Waals surface area (Å²) in [7, 11) is -3.83. The van der Waals surface area contributed by atoms with Gasteiger partial charge in [-0.25, -0.2) is 8.42 Å². The second kappa shape index (κ2) is 8.55. The maximum Gasteiger partial charge on any atom is 0.265 e. The lowest BCUT2D eigenvalue weighted by atomic mass is 9.98. The van der Waals surface area contributed by atoms with Gasteiger partial charge in [-0.15, -0.1) is 0 Å². The molecule has 2 aliphatic heterocycles. The Morgan fingerprint density at radius 1 is 1.19 bits per heavy atom. The molecule has 0 saturated carbocycles. The molecule has 2 aromatic rings. The highest BCUT2D eigenvalue weighted by atomic mass is 32.2. The highest BCUT2D eigenvalue weighted by Gasteiger charge is 2.34. The molecule has 1 fully saturated rings. The molecular formula is C23H27N3O5S. The molecule has 8 nitrogen and oxygen atoms in total. The molecule has 2 aromatic carbocycles. The summed E-state index contributed by atoms with van der Waals surface area (Å²) in [4.78, 5) is 24.8. The van der Waals surface area contributed by atoms with Crippen molar-refractivity contribution in [3.05, 3.63) is 47.5 Å². The molecule has 4 rings (SSSR count). The number of fused-ring (bicyclic) bond motifs is 1. The van der Waals surface area contributed by atoms with Crippen LogP contribution in [0, 0.1) is 19.8 Å². The lowest BCUT2D eigenvalue weighted by molar-refractivity contribution is -0.123. The van der Waals surface area contributed by atoms with E-state index in [1.807, 2.05) is 32.0 Å². The largest absolute Gasteiger partial charge is 0.479 e. The summed E-state index contributed by atoms with van der Waals surface area (Å²) >= 11 is 0. The maximum atomic E-state index is 13.3. The van der Waals surface area contributed by atoms with Gasteiger partial charge in [0.25, 0.3) is 5.91 Å². The summed E-state index contributed by atoms with van der Waals surface area (Å²) in [5, 5.41) is 5.62. The Kier molecular flexibility index (Phi) is 5.96. The van der Waals surface area contributed by atoms with Crippen LogP contribution in [0.2, 0.25) is 0 Å². The number of carbonyl (C=O) groups excluding carboxylic acids is 2. The van der Waals surface area contributed by atoms with Crippen molar-refractivity contribution < 1.29 is 22.7 Å². The first-order chi connectivity index (χ1) is 15.1. The second-order valence-corrected chi connectivity index (χ2v) is 10.4. The van der Waals surface area contributed by atoms with Crippen LogP contribution in [0.25, 0.3) is 0 Å². The average Bonchev–Trinajstić information content (AvgIpc) is 2.76. The molecule has 9 heteroatoms. The van der Waals surface area contributed by atoms with Gasteiger partial charge in [0, 0.05) is 18.8 Å². The predicted molar refractivity (Wildman–Crippen MR) is 121 cm³/mol. The van der Waals surface area contributed by atoms with Gasteiger partial charge in [0.1, 0.15) is 5.75 Å². The Morgan fingerprint density at radius 3 is 2.72 bits per heavy atom. The van der Waals surface area contributed by atoms with Crippen molar-refractivity contribution in [1.82, 2.24) is 4.31 Å². The predicted octanol–water partition coefficient (Wildman–Crippen LogP) is 3.06. The molecule has 2 heterocycles. The SMILES string of the molecule is Cc1ccc(NC(=O)[C@H]2CCCN(S(=O)(=O)c3ccc4c(c3)NC(=O)[C@H](C)O4)C2)c(C)c1. The minimum Gasteiger partial charge on any atom is -0.479 e. The summed E-state index contributed by atoms with van der Waals surface area (Å²) in [5.74, 6) is -0.522. The summed E-state index contributed by atoms with van der Waals surface area (Å²) in [5.41, 5.74) is 3.14. The number of hydrogen-bond acceptors (Lipinski definition) is 5. The van der Waals surface area contributed by atoms with Crippen molar-refractivity contribution >= 4 is 33.2 Å². The molecule has 170 valence electrons. The van der Waals surface area contributed by atoms with Gasteiger partial charge >= 0.3 is 0 Å². The van der Waals surface area contributed by atoms with Crippen molar-refractivity contribution in [1.29, 1.82) is 0 Å². The van der Waals surface area contributed by atoms with E-state index in [0.29, 0.717) is 30.8 Å². The van der Waals surface area contributed by atoms with Crippen LogP contribution in [-0.4, -0.2) is 43.7 Å². The van der Waals surface area contributed by atoms with Crippen molar-refractivity contribution in [3.8, 4) is 5.75 Å². The molecule has 2 amide bonds. The third kappa shape index (κ3) is 4.35. The third-order valence-corrected chi connectivity index (χ3v) is 7.78. The molecule has 0 unspecified atom stereocenters. The van der Waals surface area contributed by atoms with Crippen LogP contribution in [0.4, 0.5) is 11.4 Å². The highest BCUT2D eigenvalue weighted by Crippen LogP contribution is 2.34. The van der Waals surface area contributed by atoms with Crippen molar-refractivity contribution in [2.24, 2.45) is 5.92 Å². The number of sulfonamides is 1. The third-order valence-electron chi connectivity index (χ3n) is 5.91. The fraction of sp³-hybridized carbons (Fsp3) is 0.391. The smallest absolute Gasteiger partial charge is 0.265 e.